The second-order valence-electron chi connectivity index (χ2n) is 6.68. The van der Waals surface area contributed by atoms with Crippen LogP contribution in [0.1, 0.15) is 15.9 Å². The molecule has 4 rings (SSSR count). The number of hydrogen-bond donors (Lipinski definition) is 1. The molecule has 2 heterocycles. The molecule has 0 radical (unpaired) electrons. The van der Waals surface area contributed by atoms with Crippen molar-refractivity contribution in [3.63, 3.8) is 0 Å². The van der Waals surface area contributed by atoms with E-state index in [2.05, 4.69) is 5.32 Å². The number of halogens is 2. The summed E-state index contributed by atoms with van der Waals surface area (Å²) in [5.74, 6) is 0.614. The molecule has 0 aromatic heterocycles. The van der Waals surface area contributed by atoms with Crippen LogP contribution in [0.25, 0.3) is 6.08 Å². The Labute approximate surface area is 197 Å². The lowest BCUT2D eigenvalue weighted by molar-refractivity contribution is -0.122. The maximum Gasteiger partial charge on any atom is 0.293 e. The molecular formula is C21H16Cl2N2O6S. The molecule has 0 bridgehead atoms. The number of imide groups is 1. The number of nitrogens with one attached hydrogen (secondary N) is 1. The molecule has 0 saturated carbocycles. The van der Waals surface area contributed by atoms with E-state index >= 15 is 0 Å². The minimum atomic E-state index is -0.445. The highest BCUT2D eigenvalue weighted by atomic mass is 35.5. The number of methoxy groups -OCH3 is 1. The van der Waals surface area contributed by atoms with E-state index in [1.807, 2.05) is 0 Å². The van der Waals surface area contributed by atoms with Gasteiger partial charge in [0.1, 0.15) is 0 Å². The van der Waals surface area contributed by atoms with E-state index in [0.717, 1.165) is 16.7 Å². The number of carbonyl (C=O) groups is 3. The topological polar surface area (TPSA) is 94.2 Å². The molecule has 0 atom stereocenters. The molecule has 166 valence electrons. The molecule has 32 heavy (non-hydrogen) atoms. The number of amides is 3. The van der Waals surface area contributed by atoms with Crippen LogP contribution >= 0.6 is 35.0 Å². The van der Waals surface area contributed by atoms with E-state index in [-0.39, 0.29) is 46.1 Å². The number of nitrogens with zero attached hydrogens (tertiary/aromatic N) is 1. The number of hydrogen-bond acceptors (Lipinski definition) is 7. The van der Waals surface area contributed by atoms with Crippen molar-refractivity contribution in [1.29, 1.82) is 0 Å². The maximum absolute atomic E-state index is 12.7. The van der Waals surface area contributed by atoms with Gasteiger partial charge in [0.05, 0.1) is 22.1 Å². The van der Waals surface area contributed by atoms with Gasteiger partial charge in [0.25, 0.3) is 17.1 Å². The third-order valence-corrected chi connectivity index (χ3v) is 6.12. The van der Waals surface area contributed by atoms with E-state index in [4.69, 9.17) is 37.4 Å². The zero-order valence-electron chi connectivity index (χ0n) is 16.6. The Balaban J connectivity index is 1.37. The van der Waals surface area contributed by atoms with Crippen molar-refractivity contribution >= 4 is 58.1 Å². The standard InChI is InChI=1S/C21H16Cl2N2O6S/c1-29-18-13(22)8-12(9-14(18)23)19(26)24-4-5-25-20(27)17(32-21(25)28)7-11-2-3-15-16(6-11)31-10-30-15/h2-3,6-9H,4-5,10H2,1H3,(H,24,26)/b17-7-. The average Bonchev–Trinajstić information content (AvgIpc) is 3.32. The van der Waals surface area contributed by atoms with E-state index in [1.54, 1.807) is 24.3 Å². The Morgan fingerprint density at radius 2 is 1.91 bits per heavy atom. The molecule has 2 aromatic rings. The number of thioether (sulfide) groups is 1. The monoisotopic (exact) mass is 494 g/mol. The summed E-state index contributed by atoms with van der Waals surface area (Å²) in [6.07, 6.45) is 1.62. The first-order chi connectivity index (χ1) is 15.4. The molecular weight excluding hydrogens is 479 g/mol. The number of rotatable bonds is 6. The molecule has 2 aromatic carbocycles. The predicted molar refractivity (Wildman–Crippen MR) is 121 cm³/mol. The number of fused-ring (bicyclic) bond motifs is 1. The van der Waals surface area contributed by atoms with Crippen LogP contribution < -0.4 is 19.5 Å². The molecule has 0 spiro atoms. The molecule has 1 N–H and O–H groups in total. The van der Waals surface area contributed by atoms with Crippen LogP contribution in [0.15, 0.2) is 35.2 Å². The van der Waals surface area contributed by atoms with Crippen molar-refractivity contribution in [1.82, 2.24) is 10.2 Å². The summed E-state index contributed by atoms with van der Waals surface area (Å²) in [5, 5.41) is 2.64. The third-order valence-electron chi connectivity index (χ3n) is 4.65. The number of ether oxygens (including phenoxy) is 3. The largest absolute Gasteiger partial charge is 0.494 e. The summed E-state index contributed by atoms with van der Waals surface area (Å²) >= 11 is 13.0. The SMILES string of the molecule is COc1c(Cl)cc(C(=O)NCCN2C(=O)S/C(=C\c3ccc4c(c3)OCO4)C2=O)cc1Cl. The van der Waals surface area contributed by atoms with Gasteiger partial charge in [0, 0.05) is 18.7 Å². The molecule has 2 aliphatic heterocycles. The zero-order valence-corrected chi connectivity index (χ0v) is 19.0. The average molecular weight is 495 g/mol. The van der Waals surface area contributed by atoms with Gasteiger partial charge in [-0.05, 0) is 47.7 Å². The normalized spacial score (nSPS) is 16.1. The van der Waals surface area contributed by atoms with E-state index in [1.165, 1.54) is 19.2 Å². The molecule has 1 fully saturated rings. The molecule has 2 aliphatic rings. The van der Waals surface area contributed by atoms with Crippen molar-refractivity contribution in [3.8, 4) is 17.2 Å². The van der Waals surface area contributed by atoms with E-state index in [0.29, 0.717) is 17.1 Å². The zero-order chi connectivity index (χ0) is 22.8. The minimum Gasteiger partial charge on any atom is -0.494 e. The van der Waals surface area contributed by atoms with Gasteiger partial charge in [-0.1, -0.05) is 29.3 Å². The first-order valence-electron chi connectivity index (χ1n) is 9.33. The Hall–Kier alpha value is -2.88. The van der Waals surface area contributed by atoms with Gasteiger partial charge in [0.15, 0.2) is 17.2 Å². The van der Waals surface area contributed by atoms with Gasteiger partial charge in [0.2, 0.25) is 6.79 Å². The van der Waals surface area contributed by atoms with Crippen LogP contribution in [-0.2, 0) is 4.79 Å². The Bertz CT molecular complexity index is 1130. The lowest BCUT2D eigenvalue weighted by Gasteiger charge is -2.13. The van der Waals surface area contributed by atoms with Crippen molar-refractivity contribution in [2.75, 3.05) is 27.0 Å². The number of carbonyl (C=O) groups excluding carboxylic acids is 3. The van der Waals surface area contributed by atoms with Crippen molar-refractivity contribution in [2.24, 2.45) is 0 Å². The number of benzene rings is 2. The summed E-state index contributed by atoms with van der Waals surface area (Å²) in [6.45, 7) is 0.234. The van der Waals surface area contributed by atoms with Gasteiger partial charge in [-0.15, -0.1) is 0 Å². The maximum atomic E-state index is 12.7. The fraction of sp³-hybridized carbons (Fsp3) is 0.190. The van der Waals surface area contributed by atoms with Gasteiger partial charge < -0.3 is 19.5 Å². The van der Waals surface area contributed by atoms with Crippen LogP contribution in [0, 0.1) is 0 Å². The molecule has 1 saturated heterocycles. The van der Waals surface area contributed by atoms with Crippen molar-refractivity contribution in [3.05, 3.63) is 56.4 Å². The molecule has 0 unspecified atom stereocenters. The lowest BCUT2D eigenvalue weighted by atomic mass is 10.2. The van der Waals surface area contributed by atoms with Crippen LogP contribution in [0.3, 0.4) is 0 Å². The fourth-order valence-electron chi connectivity index (χ4n) is 3.12. The Morgan fingerprint density at radius 3 is 2.62 bits per heavy atom. The molecule has 0 aliphatic carbocycles. The summed E-state index contributed by atoms with van der Waals surface area (Å²) in [7, 11) is 1.42. The Morgan fingerprint density at radius 1 is 1.19 bits per heavy atom. The van der Waals surface area contributed by atoms with Gasteiger partial charge in [-0.2, -0.15) is 0 Å². The first-order valence-corrected chi connectivity index (χ1v) is 10.9. The van der Waals surface area contributed by atoms with Gasteiger partial charge in [-0.3, -0.25) is 19.3 Å². The lowest BCUT2D eigenvalue weighted by Crippen LogP contribution is -2.37. The fourth-order valence-corrected chi connectivity index (χ4v) is 4.62. The van der Waals surface area contributed by atoms with Gasteiger partial charge >= 0.3 is 0 Å². The highest BCUT2D eigenvalue weighted by molar-refractivity contribution is 8.18. The first kappa shape index (κ1) is 22.3. The second-order valence-corrected chi connectivity index (χ2v) is 8.48. The highest BCUT2D eigenvalue weighted by Crippen LogP contribution is 2.36. The van der Waals surface area contributed by atoms with Crippen molar-refractivity contribution in [2.45, 2.75) is 0 Å². The smallest absolute Gasteiger partial charge is 0.293 e. The second kappa shape index (κ2) is 9.32. The van der Waals surface area contributed by atoms with Crippen LogP contribution in [-0.4, -0.2) is 48.9 Å². The van der Waals surface area contributed by atoms with E-state index in [9.17, 15) is 14.4 Å². The van der Waals surface area contributed by atoms with Gasteiger partial charge in [-0.25, -0.2) is 0 Å². The van der Waals surface area contributed by atoms with Crippen LogP contribution in [0.5, 0.6) is 17.2 Å². The van der Waals surface area contributed by atoms with E-state index < -0.39 is 17.1 Å². The summed E-state index contributed by atoms with van der Waals surface area (Å²) in [5.41, 5.74) is 0.943. The summed E-state index contributed by atoms with van der Waals surface area (Å²) < 4.78 is 15.7. The van der Waals surface area contributed by atoms with Crippen molar-refractivity contribution < 1.29 is 28.6 Å². The van der Waals surface area contributed by atoms with Crippen LogP contribution in [0.4, 0.5) is 4.79 Å². The summed E-state index contributed by atoms with van der Waals surface area (Å²) in [4.78, 5) is 38.7. The summed E-state index contributed by atoms with van der Waals surface area (Å²) in [6, 6.07) is 8.10. The predicted octanol–water partition coefficient (Wildman–Crippen LogP) is 4.20. The minimum absolute atomic E-state index is 0.0203. The molecule has 11 heteroatoms. The molecule has 8 nitrogen and oxygen atoms in total. The highest BCUT2D eigenvalue weighted by Gasteiger charge is 2.34. The van der Waals surface area contributed by atoms with Crippen LogP contribution in [0.2, 0.25) is 10.0 Å². The molecule has 3 amide bonds. The quantitative estimate of drug-likeness (QED) is 0.601. The Kier molecular flexibility index (Phi) is 6.50. The third kappa shape index (κ3) is 4.50.